The fourth-order valence-corrected chi connectivity index (χ4v) is 3.93. The van der Waals surface area contributed by atoms with Gasteiger partial charge in [0.15, 0.2) is 5.13 Å². The molecule has 20 heavy (non-hydrogen) atoms. The number of hydrogen-bond donors (Lipinski definition) is 2. The average Bonchev–Trinajstić information content (AvgIpc) is 2.80. The van der Waals surface area contributed by atoms with E-state index < -0.39 is 0 Å². The van der Waals surface area contributed by atoms with Crippen molar-refractivity contribution in [3.63, 3.8) is 0 Å². The monoisotopic (exact) mass is 353 g/mol. The van der Waals surface area contributed by atoms with Gasteiger partial charge >= 0.3 is 6.03 Å². The zero-order valence-electron chi connectivity index (χ0n) is 11.0. The van der Waals surface area contributed by atoms with Crippen LogP contribution in [0.4, 0.5) is 9.93 Å². The van der Waals surface area contributed by atoms with Crippen LogP contribution >= 0.6 is 27.3 Å². The van der Waals surface area contributed by atoms with Crippen molar-refractivity contribution in [2.75, 3.05) is 5.32 Å². The summed E-state index contributed by atoms with van der Waals surface area (Å²) in [5, 5.41) is 6.52. The molecule has 2 amide bonds. The maximum absolute atomic E-state index is 12.0. The predicted octanol–water partition coefficient (Wildman–Crippen LogP) is 4.51. The zero-order chi connectivity index (χ0) is 13.9. The standard InChI is InChI=1S/C14H16BrN3OS/c15-9-6-7-11-12(8-9)20-14(17-11)18-13(19)16-10-4-2-1-3-5-10/h6-8,10H,1-5H2,(H2,16,17,18,19). The molecule has 6 heteroatoms. The Balaban J connectivity index is 1.64. The second-order valence-electron chi connectivity index (χ2n) is 5.06. The van der Waals surface area contributed by atoms with Crippen molar-refractivity contribution in [1.29, 1.82) is 0 Å². The smallest absolute Gasteiger partial charge is 0.321 e. The van der Waals surface area contributed by atoms with Gasteiger partial charge in [0, 0.05) is 10.5 Å². The largest absolute Gasteiger partial charge is 0.335 e. The summed E-state index contributed by atoms with van der Waals surface area (Å²) >= 11 is 4.93. The first-order valence-electron chi connectivity index (χ1n) is 6.84. The van der Waals surface area contributed by atoms with Gasteiger partial charge in [0.1, 0.15) is 0 Å². The fraction of sp³-hybridized carbons (Fsp3) is 0.429. The number of anilines is 1. The molecular formula is C14H16BrN3OS. The van der Waals surface area contributed by atoms with Crippen LogP contribution in [-0.4, -0.2) is 17.1 Å². The number of amides is 2. The summed E-state index contributed by atoms with van der Waals surface area (Å²) in [4.78, 5) is 16.4. The molecule has 3 rings (SSSR count). The van der Waals surface area contributed by atoms with Gasteiger partial charge in [-0.2, -0.15) is 0 Å². The van der Waals surface area contributed by atoms with E-state index in [-0.39, 0.29) is 6.03 Å². The van der Waals surface area contributed by atoms with E-state index in [0.29, 0.717) is 11.2 Å². The van der Waals surface area contributed by atoms with E-state index in [1.54, 1.807) is 0 Å². The third kappa shape index (κ3) is 3.30. The van der Waals surface area contributed by atoms with Gasteiger partial charge in [0.2, 0.25) is 0 Å². The molecule has 1 aromatic carbocycles. The second kappa shape index (κ2) is 6.10. The topological polar surface area (TPSA) is 54.0 Å². The number of aromatic nitrogens is 1. The number of carbonyl (C=O) groups is 1. The van der Waals surface area contributed by atoms with Crippen LogP contribution in [0.25, 0.3) is 10.2 Å². The maximum Gasteiger partial charge on any atom is 0.321 e. The van der Waals surface area contributed by atoms with E-state index in [1.165, 1.54) is 30.6 Å². The number of nitrogens with zero attached hydrogens (tertiary/aromatic N) is 1. The number of halogens is 1. The number of thiazole rings is 1. The molecule has 0 radical (unpaired) electrons. The van der Waals surface area contributed by atoms with E-state index in [1.807, 2.05) is 18.2 Å². The van der Waals surface area contributed by atoms with Crippen LogP contribution in [0.3, 0.4) is 0 Å². The molecule has 0 aliphatic heterocycles. The molecule has 1 fully saturated rings. The van der Waals surface area contributed by atoms with Crippen molar-refractivity contribution in [2.24, 2.45) is 0 Å². The van der Waals surface area contributed by atoms with Crippen LogP contribution in [0.2, 0.25) is 0 Å². The molecular weight excluding hydrogens is 338 g/mol. The summed E-state index contributed by atoms with van der Waals surface area (Å²) in [6.07, 6.45) is 5.87. The highest BCUT2D eigenvalue weighted by atomic mass is 79.9. The third-order valence-corrected chi connectivity index (χ3v) is 4.94. The lowest BCUT2D eigenvalue weighted by atomic mass is 9.96. The Bertz CT molecular complexity index is 622. The maximum atomic E-state index is 12.0. The Morgan fingerprint density at radius 2 is 2.10 bits per heavy atom. The molecule has 1 aliphatic rings. The number of benzene rings is 1. The molecule has 0 atom stereocenters. The molecule has 0 spiro atoms. The number of hydrogen-bond acceptors (Lipinski definition) is 3. The molecule has 4 nitrogen and oxygen atoms in total. The van der Waals surface area contributed by atoms with Crippen LogP contribution in [0.5, 0.6) is 0 Å². The first-order chi connectivity index (χ1) is 9.70. The summed E-state index contributed by atoms with van der Waals surface area (Å²) in [7, 11) is 0. The normalized spacial score (nSPS) is 16.2. The summed E-state index contributed by atoms with van der Waals surface area (Å²) in [6.45, 7) is 0. The van der Waals surface area contributed by atoms with Gasteiger partial charge in [-0.05, 0) is 31.0 Å². The molecule has 1 aromatic heterocycles. The van der Waals surface area contributed by atoms with Gasteiger partial charge in [-0.15, -0.1) is 0 Å². The Labute approximate surface area is 130 Å². The lowest BCUT2D eigenvalue weighted by Crippen LogP contribution is -2.38. The fourth-order valence-electron chi connectivity index (χ4n) is 2.52. The van der Waals surface area contributed by atoms with Gasteiger partial charge in [-0.25, -0.2) is 9.78 Å². The van der Waals surface area contributed by atoms with Crippen LogP contribution in [0.1, 0.15) is 32.1 Å². The highest BCUT2D eigenvalue weighted by Gasteiger charge is 2.16. The molecule has 2 aromatic rings. The average molecular weight is 354 g/mol. The van der Waals surface area contributed by atoms with E-state index in [0.717, 1.165) is 27.5 Å². The van der Waals surface area contributed by atoms with E-state index in [4.69, 9.17) is 0 Å². The van der Waals surface area contributed by atoms with Crippen LogP contribution < -0.4 is 10.6 Å². The van der Waals surface area contributed by atoms with Crippen molar-refractivity contribution in [1.82, 2.24) is 10.3 Å². The second-order valence-corrected chi connectivity index (χ2v) is 7.01. The molecule has 1 heterocycles. The molecule has 0 bridgehead atoms. The minimum atomic E-state index is -0.143. The summed E-state index contributed by atoms with van der Waals surface area (Å²) in [5.41, 5.74) is 0.908. The Morgan fingerprint density at radius 3 is 2.90 bits per heavy atom. The van der Waals surface area contributed by atoms with Gasteiger partial charge in [-0.3, -0.25) is 5.32 Å². The number of fused-ring (bicyclic) bond motifs is 1. The van der Waals surface area contributed by atoms with Crippen LogP contribution in [0, 0.1) is 0 Å². The van der Waals surface area contributed by atoms with Crippen molar-refractivity contribution in [3.05, 3.63) is 22.7 Å². The van der Waals surface area contributed by atoms with Crippen LogP contribution in [-0.2, 0) is 0 Å². The molecule has 1 saturated carbocycles. The van der Waals surface area contributed by atoms with Crippen molar-refractivity contribution in [2.45, 2.75) is 38.1 Å². The molecule has 0 unspecified atom stereocenters. The molecule has 1 aliphatic carbocycles. The van der Waals surface area contributed by atoms with Crippen molar-refractivity contribution in [3.8, 4) is 0 Å². The quantitative estimate of drug-likeness (QED) is 0.834. The number of nitrogens with one attached hydrogen (secondary N) is 2. The molecule has 0 saturated heterocycles. The van der Waals surface area contributed by atoms with Gasteiger partial charge < -0.3 is 5.32 Å². The van der Waals surface area contributed by atoms with Crippen molar-refractivity contribution < 1.29 is 4.79 Å². The van der Waals surface area contributed by atoms with Gasteiger partial charge in [0.05, 0.1) is 10.2 Å². The SMILES string of the molecule is O=C(Nc1nc2ccc(Br)cc2s1)NC1CCCCC1. The number of carbonyl (C=O) groups excluding carboxylic acids is 1. The first-order valence-corrected chi connectivity index (χ1v) is 8.45. The van der Waals surface area contributed by atoms with Gasteiger partial charge in [0.25, 0.3) is 0 Å². The predicted molar refractivity (Wildman–Crippen MR) is 86.3 cm³/mol. The van der Waals surface area contributed by atoms with E-state index >= 15 is 0 Å². The van der Waals surface area contributed by atoms with E-state index in [9.17, 15) is 4.79 Å². The molecule has 106 valence electrons. The number of rotatable bonds is 2. The summed E-state index contributed by atoms with van der Waals surface area (Å²) in [6, 6.07) is 6.08. The van der Waals surface area contributed by atoms with Gasteiger partial charge in [-0.1, -0.05) is 46.5 Å². The zero-order valence-corrected chi connectivity index (χ0v) is 13.4. The number of urea groups is 1. The highest BCUT2D eigenvalue weighted by Crippen LogP contribution is 2.28. The lowest BCUT2D eigenvalue weighted by Gasteiger charge is -2.22. The lowest BCUT2D eigenvalue weighted by molar-refractivity contribution is 0.244. The Morgan fingerprint density at radius 1 is 1.30 bits per heavy atom. The van der Waals surface area contributed by atoms with Crippen molar-refractivity contribution >= 4 is 48.6 Å². The first kappa shape index (κ1) is 13.8. The molecule has 2 N–H and O–H groups in total. The minimum Gasteiger partial charge on any atom is -0.335 e. The summed E-state index contributed by atoms with van der Waals surface area (Å²) < 4.78 is 2.08. The van der Waals surface area contributed by atoms with Crippen LogP contribution in [0.15, 0.2) is 22.7 Å². The Hall–Kier alpha value is -1.14. The minimum absolute atomic E-state index is 0.143. The Kier molecular flexibility index (Phi) is 4.21. The van der Waals surface area contributed by atoms with E-state index in [2.05, 4.69) is 31.5 Å². The third-order valence-electron chi connectivity index (χ3n) is 3.51. The highest BCUT2D eigenvalue weighted by molar-refractivity contribution is 9.10. The summed E-state index contributed by atoms with van der Waals surface area (Å²) in [5.74, 6) is 0.